The average molecular weight is 279 g/mol. The summed E-state index contributed by atoms with van der Waals surface area (Å²) in [4.78, 5) is 11.8. The summed E-state index contributed by atoms with van der Waals surface area (Å²) < 4.78 is 37.6. The standard InChI is InChI=1S/C11H10ClF3N2O/c12-9-2-1-6(11(13,14)15)3-8(9)10(18)17-7-4-16-5-7/h1-3,7,16H,4-5H2,(H,17,18). The largest absolute Gasteiger partial charge is 0.416 e. The van der Waals surface area contributed by atoms with Crippen LogP contribution in [-0.2, 0) is 6.18 Å². The molecule has 1 aliphatic rings. The van der Waals surface area contributed by atoms with Gasteiger partial charge in [0.2, 0.25) is 0 Å². The molecule has 7 heteroatoms. The molecule has 0 saturated carbocycles. The first-order valence-electron chi connectivity index (χ1n) is 5.26. The van der Waals surface area contributed by atoms with Gasteiger partial charge >= 0.3 is 6.18 Å². The van der Waals surface area contributed by atoms with E-state index in [0.29, 0.717) is 13.1 Å². The summed E-state index contributed by atoms with van der Waals surface area (Å²) in [6.45, 7) is 1.23. The lowest BCUT2D eigenvalue weighted by Crippen LogP contribution is -2.56. The minimum absolute atomic E-state index is 0.00721. The molecule has 1 aromatic rings. The summed E-state index contributed by atoms with van der Waals surface area (Å²) >= 11 is 5.74. The summed E-state index contributed by atoms with van der Waals surface area (Å²) in [5, 5.41) is 5.55. The number of halogens is 4. The van der Waals surface area contributed by atoms with E-state index in [4.69, 9.17) is 11.6 Å². The number of carbonyl (C=O) groups is 1. The Hall–Kier alpha value is -1.27. The van der Waals surface area contributed by atoms with Gasteiger partial charge in [0.15, 0.2) is 0 Å². The van der Waals surface area contributed by atoms with Crippen molar-refractivity contribution in [2.75, 3.05) is 13.1 Å². The first-order valence-corrected chi connectivity index (χ1v) is 5.64. The van der Waals surface area contributed by atoms with Gasteiger partial charge in [-0.05, 0) is 18.2 Å². The molecule has 1 fully saturated rings. The van der Waals surface area contributed by atoms with Gasteiger partial charge in [-0.25, -0.2) is 0 Å². The quantitative estimate of drug-likeness (QED) is 0.869. The smallest absolute Gasteiger partial charge is 0.347 e. The summed E-state index contributed by atoms with van der Waals surface area (Å²) in [5.41, 5.74) is -1.04. The predicted molar refractivity (Wildman–Crippen MR) is 60.6 cm³/mol. The molecule has 18 heavy (non-hydrogen) atoms. The van der Waals surface area contributed by atoms with Gasteiger partial charge in [-0.3, -0.25) is 4.79 Å². The van der Waals surface area contributed by atoms with Crippen molar-refractivity contribution in [2.24, 2.45) is 0 Å². The Balaban J connectivity index is 2.22. The van der Waals surface area contributed by atoms with E-state index in [9.17, 15) is 18.0 Å². The Morgan fingerprint density at radius 3 is 2.56 bits per heavy atom. The summed E-state index contributed by atoms with van der Waals surface area (Å²) in [5.74, 6) is -0.586. The van der Waals surface area contributed by atoms with Crippen LogP contribution in [0.4, 0.5) is 13.2 Å². The molecule has 2 N–H and O–H groups in total. The molecule has 1 saturated heterocycles. The molecule has 3 nitrogen and oxygen atoms in total. The molecule has 2 rings (SSSR count). The van der Waals surface area contributed by atoms with Crippen molar-refractivity contribution in [3.8, 4) is 0 Å². The van der Waals surface area contributed by atoms with Crippen molar-refractivity contribution >= 4 is 17.5 Å². The third-order valence-corrected chi connectivity index (χ3v) is 2.98. The van der Waals surface area contributed by atoms with Crippen molar-refractivity contribution in [3.63, 3.8) is 0 Å². The molecule has 0 aromatic heterocycles. The Kier molecular flexibility index (Phi) is 3.49. The maximum absolute atomic E-state index is 12.5. The molecule has 0 unspecified atom stereocenters. The lowest BCUT2D eigenvalue weighted by atomic mass is 10.1. The zero-order valence-electron chi connectivity index (χ0n) is 9.14. The number of carbonyl (C=O) groups excluding carboxylic acids is 1. The van der Waals surface area contributed by atoms with Crippen LogP contribution < -0.4 is 10.6 Å². The van der Waals surface area contributed by atoms with Crippen LogP contribution in [-0.4, -0.2) is 25.0 Å². The fraction of sp³-hybridized carbons (Fsp3) is 0.364. The van der Waals surface area contributed by atoms with E-state index in [0.717, 1.165) is 18.2 Å². The summed E-state index contributed by atoms with van der Waals surface area (Å²) in [6, 6.07) is 2.65. The van der Waals surface area contributed by atoms with Crippen LogP contribution in [0.3, 0.4) is 0 Å². The van der Waals surface area contributed by atoms with Crippen LogP contribution in [0.1, 0.15) is 15.9 Å². The van der Waals surface area contributed by atoms with E-state index in [2.05, 4.69) is 10.6 Å². The van der Waals surface area contributed by atoms with Crippen molar-refractivity contribution in [1.82, 2.24) is 10.6 Å². The van der Waals surface area contributed by atoms with Crippen molar-refractivity contribution in [3.05, 3.63) is 34.3 Å². The molecular weight excluding hydrogens is 269 g/mol. The molecular formula is C11H10ClF3N2O. The maximum Gasteiger partial charge on any atom is 0.416 e. The zero-order valence-corrected chi connectivity index (χ0v) is 9.90. The van der Waals surface area contributed by atoms with Gasteiger partial charge in [0, 0.05) is 13.1 Å². The number of hydrogen-bond donors (Lipinski definition) is 2. The van der Waals surface area contributed by atoms with E-state index in [1.807, 2.05) is 0 Å². The van der Waals surface area contributed by atoms with Crippen molar-refractivity contribution in [1.29, 1.82) is 0 Å². The van der Waals surface area contributed by atoms with E-state index in [-0.39, 0.29) is 16.6 Å². The molecule has 0 spiro atoms. The third-order valence-electron chi connectivity index (χ3n) is 2.66. The summed E-state index contributed by atoms with van der Waals surface area (Å²) in [7, 11) is 0. The van der Waals surface area contributed by atoms with Crippen LogP contribution in [0.15, 0.2) is 18.2 Å². The zero-order chi connectivity index (χ0) is 13.3. The number of hydrogen-bond acceptors (Lipinski definition) is 2. The van der Waals surface area contributed by atoms with Crippen LogP contribution in [0.25, 0.3) is 0 Å². The number of amides is 1. The minimum atomic E-state index is -4.49. The van der Waals surface area contributed by atoms with E-state index >= 15 is 0 Å². The lowest BCUT2D eigenvalue weighted by molar-refractivity contribution is -0.137. The molecule has 0 radical (unpaired) electrons. The highest BCUT2D eigenvalue weighted by atomic mass is 35.5. The first-order chi connectivity index (χ1) is 8.38. The van der Waals surface area contributed by atoms with Crippen LogP contribution in [0.2, 0.25) is 5.02 Å². The number of benzene rings is 1. The molecule has 1 heterocycles. The number of rotatable bonds is 2. The molecule has 1 aromatic carbocycles. The third kappa shape index (κ3) is 2.76. The second-order valence-electron chi connectivity index (χ2n) is 4.02. The molecule has 0 aliphatic carbocycles. The first kappa shape index (κ1) is 13.2. The second-order valence-corrected chi connectivity index (χ2v) is 4.43. The van der Waals surface area contributed by atoms with Gasteiger partial charge in [-0.1, -0.05) is 11.6 Å². The van der Waals surface area contributed by atoms with E-state index < -0.39 is 17.6 Å². The lowest BCUT2D eigenvalue weighted by Gasteiger charge is -2.28. The van der Waals surface area contributed by atoms with Crippen LogP contribution >= 0.6 is 11.6 Å². The highest BCUT2D eigenvalue weighted by Gasteiger charge is 2.32. The molecule has 0 bridgehead atoms. The Morgan fingerprint density at radius 1 is 1.39 bits per heavy atom. The topological polar surface area (TPSA) is 41.1 Å². The van der Waals surface area contributed by atoms with Gasteiger partial charge in [0.05, 0.1) is 22.2 Å². The van der Waals surface area contributed by atoms with Gasteiger partial charge in [-0.2, -0.15) is 13.2 Å². The fourth-order valence-corrected chi connectivity index (χ4v) is 1.73. The average Bonchev–Trinajstić information content (AvgIpc) is 2.22. The monoisotopic (exact) mass is 278 g/mol. The van der Waals surface area contributed by atoms with Gasteiger partial charge in [0.25, 0.3) is 5.91 Å². The fourth-order valence-electron chi connectivity index (χ4n) is 1.53. The van der Waals surface area contributed by atoms with Crippen LogP contribution in [0.5, 0.6) is 0 Å². The maximum atomic E-state index is 12.5. The Labute approximate surface area is 106 Å². The van der Waals surface area contributed by atoms with Crippen LogP contribution in [0, 0.1) is 0 Å². The number of alkyl halides is 3. The predicted octanol–water partition coefficient (Wildman–Crippen LogP) is 2.06. The Bertz CT molecular complexity index is 472. The number of nitrogens with one attached hydrogen (secondary N) is 2. The Morgan fingerprint density at radius 2 is 2.06 bits per heavy atom. The molecule has 0 atom stereocenters. The molecule has 98 valence electrons. The molecule has 1 aliphatic heterocycles. The van der Waals surface area contributed by atoms with Gasteiger partial charge in [-0.15, -0.1) is 0 Å². The SMILES string of the molecule is O=C(NC1CNC1)c1cc(C(F)(F)F)ccc1Cl. The van der Waals surface area contributed by atoms with Crippen molar-refractivity contribution in [2.45, 2.75) is 12.2 Å². The highest BCUT2D eigenvalue weighted by molar-refractivity contribution is 6.33. The molecule has 1 amide bonds. The van der Waals surface area contributed by atoms with Crippen molar-refractivity contribution < 1.29 is 18.0 Å². The van der Waals surface area contributed by atoms with E-state index in [1.54, 1.807) is 0 Å². The highest BCUT2D eigenvalue weighted by Crippen LogP contribution is 2.31. The normalized spacial score (nSPS) is 16.2. The van der Waals surface area contributed by atoms with Gasteiger partial charge in [0.1, 0.15) is 0 Å². The summed E-state index contributed by atoms with van der Waals surface area (Å²) in [6.07, 6.45) is -4.49. The second kappa shape index (κ2) is 4.78. The van der Waals surface area contributed by atoms with E-state index in [1.165, 1.54) is 0 Å². The van der Waals surface area contributed by atoms with Gasteiger partial charge < -0.3 is 10.6 Å². The minimum Gasteiger partial charge on any atom is -0.347 e.